The van der Waals surface area contributed by atoms with Gasteiger partial charge < -0.3 is 14.1 Å². The number of carbonyl (C=O) groups is 1. The van der Waals surface area contributed by atoms with Gasteiger partial charge in [0.05, 0.1) is 36.5 Å². The Morgan fingerprint density at radius 2 is 2.07 bits per heavy atom. The molecule has 3 rings (SSSR count). The molecule has 0 bridgehead atoms. The third-order valence-electron chi connectivity index (χ3n) is 4.69. The molecule has 1 saturated heterocycles. The fraction of sp³-hybridized carbons (Fsp3) is 0.450. The van der Waals surface area contributed by atoms with Crippen molar-refractivity contribution in [2.75, 3.05) is 18.1 Å². The molecule has 0 radical (unpaired) electrons. The zero-order valence-electron chi connectivity index (χ0n) is 15.5. The largest absolute Gasteiger partial charge is 0.493 e. The second-order valence-electron chi connectivity index (χ2n) is 6.77. The Hall–Kier alpha value is -2.28. The molecule has 1 aliphatic rings. The van der Waals surface area contributed by atoms with Crippen molar-refractivity contribution in [2.24, 2.45) is 0 Å². The lowest BCUT2D eigenvalue weighted by molar-refractivity contribution is 0.0661. The van der Waals surface area contributed by atoms with Crippen LogP contribution in [0.3, 0.4) is 0 Å². The van der Waals surface area contributed by atoms with E-state index in [1.165, 1.54) is 0 Å². The van der Waals surface area contributed by atoms with Crippen molar-refractivity contribution in [3.63, 3.8) is 0 Å². The lowest BCUT2D eigenvalue weighted by Crippen LogP contribution is -2.40. The van der Waals surface area contributed by atoms with Gasteiger partial charge in [0.1, 0.15) is 11.5 Å². The normalized spacial score (nSPS) is 18.3. The zero-order valence-corrected chi connectivity index (χ0v) is 16.3. The first-order valence-corrected chi connectivity index (χ1v) is 11.1. The van der Waals surface area contributed by atoms with Crippen LogP contribution in [0.4, 0.5) is 0 Å². The van der Waals surface area contributed by atoms with Crippen LogP contribution >= 0.6 is 0 Å². The van der Waals surface area contributed by atoms with Gasteiger partial charge in [0.2, 0.25) is 0 Å². The fourth-order valence-electron chi connectivity index (χ4n) is 3.21. The monoisotopic (exact) mass is 391 g/mol. The molecular formula is C20H25NO5S. The summed E-state index contributed by atoms with van der Waals surface area (Å²) in [5.41, 5.74) is 0.449. The summed E-state index contributed by atoms with van der Waals surface area (Å²) in [5, 5.41) is 0. The summed E-state index contributed by atoms with van der Waals surface area (Å²) < 4.78 is 35.1. The van der Waals surface area contributed by atoms with Gasteiger partial charge in [0, 0.05) is 6.04 Å². The number of hydrogen-bond acceptors (Lipinski definition) is 5. The van der Waals surface area contributed by atoms with Gasteiger partial charge in [-0.25, -0.2) is 8.42 Å². The number of nitrogens with zero attached hydrogens (tertiary/aromatic N) is 1. The molecule has 2 heterocycles. The molecule has 27 heavy (non-hydrogen) atoms. The van der Waals surface area contributed by atoms with Crippen LogP contribution < -0.4 is 4.74 Å². The van der Waals surface area contributed by atoms with Gasteiger partial charge in [0.15, 0.2) is 9.84 Å². The highest BCUT2D eigenvalue weighted by Crippen LogP contribution is 2.26. The van der Waals surface area contributed by atoms with Crippen molar-refractivity contribution in [3.05, 3.63) is 54.0 Å². The van der Waals surface area contributed by atoms with Crippen molar-refractivity contribution in [2.45, 2.75) is 38.8 Å². The Kier molecular flexibility index (Phi) is 6.21. The first-order chi connectivity index (χ1) is 13.0. The molecule has 0 saturated carbocycles. The number of benzene rings is 1. The van der Waals surface area contributed by atoms with Crippen molar-refractivity contribution < 1.29 is 22.4 Å². The molecule has 1 aromatic carbocycles. The minimum Gasteiger partial charge on any atom is -0.493 e. The Labute approximate surface area is 160 Å². The van der Waals surface area contributed by atoms with Gasteiger partial charge >= 0.3 is 0 Å². The fourth-order valence-corrected chi connectivity index (χ4v) is 4.94. The Morgan fingerprint density at radius 3 is 2.74 bits per heavy atom. The summed E-state index contributed by atoms with van der Waals surface area (Å²) in [6.45, 7) is 2.85. The van der Waals surface area contributed by atoms with Crippen LogP contribution in [0.2, 0.25) is 0 Å². The van der Waals surface area contributed by atoms with E-state index in [-0.39, 0.29) is 30.0 Å². The van der Waals surface area contributed by atoms with E-state index >= 15 is 0 Å². The predicted molar refractivity (Wildman–Crippen MR) is 102 cm³/mol. The molecule has 1 amide bonds. The van der Waals surface area contributed by atoms with E-state index in [9.17, 15) is 13.2 Å². The molecule has 1 atom stereocenters. The zero-order chi connectivity index (χ0) is 19.3. The van der Waals surface area contributed by atoms with Gasteiger partial charge in [0.25, 0.3) is 5.91 Å². The SMILES string of the molecule is CCCCOc1ccccc1C(=O)N(Cc1ccco1)[C@H]1CCS(=O)(=O)C1. The Bertz CT molecular complexity index is 860. The summed E-state index contributed by atoms with van der Waals surface area (Å²) in [5.74, 6) is 1.01. The van der Waals surface area contributed by atoms with Gasteiger partial charge in [-0.3, -0.25) is 4.79 Å². The summed E-state index contributed by atoms with van der Waals surface area (Å²) in [6.07, 6.45) is 3.89. The average Bonchev–Trinajstić information content (AvgIpc) is 3.29. The standard InChI is InChI=1S/C20H25NO5S/c1-2-3-11-26-19-9-5-4-8-18(19)20(22)21(14-17-7-6-12-25-17)16-10-13-27(23,24)15-16/h4-9,12,16H,2-3,10-11,13-15H2,1H3/t16-/m0/s1. The van der Waals surface area contributed by atoms with E-state index < -0.39 is 9.84 Å². The first kappa shape index (κ1) is 19.5. The number of sulfone groups is 1. The topological polar surface area (TPSA) is 76.8 Å². The van der Waals surface area contributed by atoms with E-state index in [1.807, 2.05) is 6.07 Å². The lowest BCUT2D eigenvalue weighted by Gasteiger charge is -2.28. The van der Waals surface area contributed by atoms with E-state index in [0.717, 1.165) is 12.8 Å². The average molecular weight is 391 g/mol. The van der Waals surface area contributed by atoms with Crippen molar-refractivity contribution in [3.8, 4) is 5.75 Å². The second-order valence-corrected chi connectivity index (χ2v) is 9.00. The van der Waals surface area contributed by atoms with Crippen LogP contribution in [-0.2, 0) is 16.4 Å². The van der Waals surface area contributed by atoms with Gasteiger partial charge in [-0.15, -0.1) is 0 Å². The predicted octanol–water partition coefficient (Wildman–Crippen LogP) is 3.29. The maximum atomic E-state index is 13.3. The summed E-state index contributed by atoms with van der Waals surface area (Å²) in [7, 11) is -3.12. The van der Waals surface area contributed by atoms with Crippen molar-refractivity contribution >= 4 is 15.7 Å². The molecule has 0 unspecified atom stereocenters. The van der Waals surface area contributed by atoms with Gasteiger partial charge in [-0.1, -0.05) is 25.5 Å². The van der Waals surface area contributed by atoms with E-state index in [1.54, 1.807) is 41.5 Å². The molecule has 7 heteroatoms. The Morgan fingerprint density at radius 1 is 1.26 bits per heavy atom. The minimum atomic E-state index is -3.12. The highest BCUT2D eigenvalue weighted by molar-refractivity contribution is 7.91. The quantitative estimate of drug-likeness (QED) is 0.646. The van der Waals surface area contributed by atoms with E-state index in [2.05, 4.69) is 6.92 Å². The maximum absolute atomic E-state index is 13.3. The minimum absolute atomic E-state index is 0.0156. The smallest absolute Gasteiger partial charge is 0.258 e. The summed E-state index contributed by atoms with van der Waals surface area (Å²) in [4.78, 5) is 14.9. The number of carbonyl (C=O) groups excluding carboxylic acids is 1. The number of furan rings is 1. The number of unbranched alkanes of at least 4 members (excludes halogenated alkanes) is 1. The number of amides is 1. The second kappa shape index (κ2) is 8.61. The number of hydrogen-bond donors (Lipinski definition) is 0. The Balaban J connectivity index is 1.87. The van der Waals surface area contributed by atoms with E-state index in [4.69, 9.17) is 9.15 Å². The van der Waals surface area contributed by atoms with Crippen LogP contribution in [0.5, 0.6) is 5.75 Å². The van der Waals surface area contributed by atoms with Crippen LogP contribution in [-0.4, -0.2) is 43.4 Å². The lowest BCUT2D eigenvalue weighted by atomic mass is 10.1. The van der Waals surface area contributed by atoms with Crippen LogP contribution in [0.1, 0.15) is 42.3 Å². The highest BCUT2D eigenvalue weighted by Gasteiger charge is 2.36. The van der Waals surface area contributed by atoms with Gasteiger partial charge in [-0.2, -0.15) is 0 Å². The number of para-hydroxylation sites is 1. The maximum Gasteiger partial charge on any atom is 0.258 e. The van der Waals surface area contributed by atoms with E-state index in [0.29, 0.717) is 30.1 Å². The summed E-state index contributed by atoms with van der Waals surface area (Å²) >= 11 is 0. The van der Waals surface area contributed by atoms with Crippen LogP contribution in [0, 0.1) is 0 Å². The number of ether oxygens (including phenoxy) is 1. The molecular weight excluding hydrogens is 366 g/mol. The van der Waals surface area contributed by atoms with Gasteiger partial charge in [-0.05, 0) is 37.1 Å². The molecule has 6 nitrogen and oxygen atoms in total. The molecule has 0 aliphatic carbocycles. The third-order valence-corrected chi connectivity index (χ3v) is 6.44. The molecule has 1 aromatic heterocycles. The molecule has 1 fully saturated rings. The molecule has 1 aliphatic heterocycles. The van der Waals surface area contributed by atoms with Crippen LogP contribution in [0.15, 0.2) is 47.1 Å². The van der Waals surface area contributed by atoms with Crippen molar-refractivity contribution in [1.82, 2.24) is 4.90 Å². The third kappa shape index (κ3) is 4.91. The summed E-state index contributed by atoms with van der Waals surface area (Å²) in [6, 6.07) is 10.3. The molecule has 0 spiro atoms. The van der Waals surface area contributed by atoms with Crippen molar-refractivity contribution in [1.29, 1.82) is 0 Å². The molecule has 146 valence electrons. The molecule has 0 N–H and O–H groups in total. The number of rotatable bonds is 8. The van der Waals surface area contributed by atoms with Crippen LogP contribution in [0.25, 0.3) is 0 Å². The first-order valence-electron chi connectivity index (χ1n) is 9.26. The highest BCUT2D eigenvalue weighted by atomic mass is 32.2. The molecule has 2 aromatic rings.